The van der Waals surface area contributed by atoms with E-state index in [1.54, 1.807) is 0 Å². The zero-order valence-electron chi connectivity index (χ0n) is 12.1. The Morgan fingerprint density at radius 1 is 1.16 bits per heavy atom. The normalized spacial score (nSPS) is 10.7. The Morgan fingerprint density at radius 3 is 2.37 bits per heavy atom. The molecule has 0 amide bonds. The smallest absolute Gasteiger partial charge is 0.105 e. The van der Waals surface area contributed by atoms with Crippen LogP contribution in [-0.2, 0) is 19.4 Å². The Morgan fingerprint density at radius 2 is 1.84 bits per heavy atom. The number of nitrogens with zero attached hydrogens (tertiary/aromatic N) is 2. The zero-order chi connectivity index (χ0) is 13.7. The average Bonchev–Trinajstić information content (AvgIpc) is 2.84. The van der Waals surface area contributed by atoms with Gasteiger partial charge >= 0.3 is 0 Å². The van der Waals surface area contributed by atoms with Crippen LogP contribution < -0.4 is 5.32 Å². The maximum atomic E-state index is 4.24. The molecule has 2 aromatic rings. The van der Waals surface area contributed by atoms with Crippen LogP contribution in [0.2, 0.25) is 0 Å². The first-order chi connectivity index (χ1) is 9.26. The first kappa shape index (κ1) is 13.7. The van der Waals surface area contributed by atoms with Gasteiger partial charge in [0.15, 0.2) is 0 Å². The van der Waals surface area contributed by atoms with Crippen molar-refractivity contribution in [2.24, 2.45) is 0 Å². The number of anilines is 1. The molecule has 0 saturated carbocycles. The minimum absolute atomic E-state index is 0.932. The highest BCUT2D eigenvalue weighted by Crippen LogP contribution is 2.22. The van der Waals surface area contributed by atoms with Crippen molar-refractivity contribution in [1.29, 1.82) is 0 Å². The molecule has 0 bridgehead atoms. The van der Waals surface area contributed by atoms with Crippen LogP contribution in [0.3, 0.4) is 0 Å². The second-order valence-corrected chi connectivity index (χ2v) is 4.75. The molecule has 0 aliphatic heterocycles. The molecule has 0 radical (unpaired) electrons. The summed E-state index contributed by atoms with van der Waals surface area (Å²) in [5, 5.41) is 3.60. The van der Waals surface area contributed by atoms with Crippen molar-refractivity contribution in [3.63, 3.8) is 0 Å². The molecule has 0 aliphatic carbocycles. The number of benzene rings is 1. The van der Waals surface area contributed by atoms with Gasteiger partial charge in [-0.2, -0.15) is 0 Å². The van der Waals surface area contributed by atoms with Crippen LogP contribution in [0.4, 0.5) is 5.69 Å². The number of imidazole rings is 1. The second-order valence-electron chi connectivity index (χ2n) is 4.75. The van der Waals surface area contributed by atoms with Crippen LogP contribution in [0.5, 0.6) is 0 Å². The number of rotatable bonds is 6. The predicted octanol–water partition coefficient (Wildman–Crippen LogP) is 3.43. The molecule has 19 heavy (non-hydrogen) atoms. The lowest BCUT2D eigenvalue weighted by Crippen LogP contribution is -2.13. The zero-order valence-corrected chi connectivity index (χ0v) is 12.1. The number of para-hydroxylation sites is 1. The number of hydrogen-bond acceptors (Lipinski definition) is 2. The lowest BCUT2D eigenvalue weighted by molar-refractivity contribution is 0.700. The summed E-state index contributed by atoms with van der Waals surface area (Å²) in [5.41, 5.74) is 4.13. The number of aromatic nitrogens is 2. The van der Waals surface area contributed by atoms with E-state index in [1.807, 2.05) is 19.3 Å². The third kappa shape index (κ3) is 3.16. The molecular formula is C16H23N3. The van der Waals surface area contributed by atoms with E-state index in [9.17, 15) is 0 Å². The van der Waals surface area contributed by atoms with E-state index < -0.39 is 0 Å². The van der Waals surface area contributed by atoms with E-state index >= 15 is 0 Å². The van der Waals surface area contributed by atoms with Crippen molar-refractivity contribution in [2.75, 3.05) is 11.9 Å². The Kier molecular flexibility index (Phi) is 4.61. The van der Waals surface area contributed by atoms with Crippen molar-refractivity contribution < 1.29 is 0 Å². The molecule has 0 saturated heterocycles. The molecule has 0 atom stereocenters. The fourth-order valence-electron chi connectivity index (χ4n) is 2.41. The van der Waals surface area contributed by atoms with Crippen molar-refractivity contribution in [3.8, 4) is 0 Å². The molecule has 2 rings (SSSR count). The highest BCUT2D eigenvalue weighted by Gasteiger charge is 2.05. The van der Waals surface area contributed by atoms with Gasteiger partial charge in [-0.05, 0) is 30.9 Å². The third-order valence-electron chi connectivity index (χ3n) is 3.58. The third-order valence-corrected chi connectivity index (χ3v) is 3.58. The highest BCUT2D eigenvalue weighted by molar-refractivity contribution is 5.57. The molecule has 0 unspecified atom stereocenters. The number of aryl methyl sites for hydroxylation is 3. The molecule has 0 fully saturated rings. The SMILES string of the molecule is CCc1cccc(CC)c1NCCn1ccnc1C. The van der Waals surface area contributed by atoms with Gasteiger partial charge in [-0.15, -0.1) is 0 Å². The molecule has 1 N–H and O–H groups in total. The van der Waals surface area contributed by atoms with E-state index in [4.69, 9.17) is 0 Å². The molecule has 0 aliphatic rings. The lowest BCUT2D eigenvalue weighted by Gasteiger charge is -2.16. The minimum Gasteiger partial charge on any atom is -0.383 e. The first-order valence-corrected chi connectivity index (χ1v) is 7.08. The minimum atomic E-state index is 0.932. The van der Waals surface area contributed by atoms with Gasteiger partial charge < -0.3 is 9.88 Å². The molecule has 3 nitrogen and oxygen atoms in total. The average molecular weight is 257 g/mol. The van der Waals surface area contributed by atoms with E-state index in [1.165, 1.54) is 16.8 Å². The topological polar surface area (TPSA) is 29.9 Å². The maximum Gasteiger partial charge on any atom is 0.105 e. The summed E-state index contributed by atoms with van der Waals surface area (Å²) in [6, 6.07) is 6.58. The number of nitrogens with one attached hydrogen (secondary N) is 1. The van der Waals surface area contributed by atoms with Crippen LogP contribution >= 0.6 is 0 Å². The fourth-order valence-corrected chi connectivity index (χ4v) is 2.41. The Hall–Kier alpha value is -1.77. The lowest BCUT2D eigenvalue weighted by atomic mass is 10.0. The summed E-state index contributed by atoms with van der Waals surface area (Å²) in [7, 11) is 0. The van der Waals surface area contributed by atoms with Gasteiger partial charge in [0.05, 0.1) is 0 Å². The molecular weight excluding hydrogens is 234 g/mol. The number of hydrogen-bond donors (Lipinski definition) is 1. The van der Waals surface area contributed by atoms with Crippen LogP contribution in [-0.4, -0.2) is 16.1 Å². The van der Waals surface area contributed by atoms with E-state index in [0.717, 1.165) is 31.8 Å². The van der Waals surface area contributed by atoms with Crippen LogP contribution in [0, 0.1) is 6.92 Å². The van der Waals surface area contributed by atoms with Gasteiger partial charge in [0.25, 0.3) is 0 Å². The standard InChI is InChI=1S/C16H23N3/c1-4-14-7-6-8-15(5-2)16(14)18-10-12-19-11-9-17-13(19)3/h6-9,11,18H,4-5,10,12H2,1-3H3. The van der Waals surface area contributed by atoms with Crippen molar-refractivity contribution >= 4 is 5.69 Å². The summed E-state index contributed by atoms with van der Waals surface area (Å²) in [4.78, 5) is 4.24. The summed E-state index contributed by atoms with van der Waals surface area (Å²) >= 11 is 0. The van der Waals surface area contributed by atoms with Crippen LogP contribution in [0.25, 0.3) is 0 Å². The summed E-state index contributed by atoms with van der Waals surface area (Å²) < 4.78 is 2.17. The molecule has 1 aromatic carbocycles. The molecule has 0 spiro atoms. The van der Waals surface area contributed by atoms with Crippen molar-refractivity contribution in [1.82, 2.24) is 9.55 Å². The second kappa shape index (κ2) is 6.41. The van der Waals surface area contributed by atoms with Gasteiger partial charge in [-0.25, -0.2) is 4.98 Å². The van der Waals surface area contributed by atoms with Crippen molar-refractivity contribution in [3.05, 3.63) is 47.5 Å². The molecule has 102 valence electrons. The summed E-state index contributed by atoms with van der Waals surface area (Å²) in [5.74, 6) is 1.07. The Labute approximate surface area is 115 Å². The summed E-state index contributed by atoms with van der Waals surface area (Å²) in [6.45, 7) is 8.34. The Balaban J connectivity index is 2.04. The molecule has 3 heteroatoms. The van der Waals surface area contributed by atoms with E-state index in [0.29, 0.717) is 0 Å². The largest absolute Gasteiger partial charge is 0.383 e. The maximum absolute atomic E-state index is 4.24. The first-order valence-electron chi connectivity index (χ1n) is 7.08. The summed E-state index contributed by atoms with van der Waals surface area (Å²) in [6.07, 6.45) is 6.02. The van der Waals surface area contributed by atoms with E-state index in [2.05, 4.69) is 46.9 Å². The fraction of sp³-hybridized carbons (Fsp3) is 0.438. The van der Waals surface area contributed by atoms with Gasteiger partial charge in [0, 0.05) is 31.2 Å². The van der Waals surface area contributed by atoms with Crippen LogP contribution in [0.1, 0.15) is 30.8 Å². The van der Waals surface area contributed by atoms with Gasteiger partial charge in [-0.1, -0.05) is 32.0 Å². The quantitative estimate of drug-likeness (QED) is 0.859. The molecule has 1 heterocycles. The van der Waals surface area contributed by atoms with Gasteiger partial charge in [0.2, 0.25) is 0 Å². The van der Waals surface area contributed by atoms with Gasteiger partial charge in [0.1, 0.15) is 5.82 Å². The van der Waals surface area contributed by atoms with E-state index in [-0.39, 0.29) is 0 Å². The monoisotopic (exact) mass is 257 g/mol. The highest BCUT2D eigenvalue weighted by atomic mass is 15.1. The molecule has 1 aromatic heterocycles. The van der Waals surface area contributed by atoms with Gasteiger partial charge in [-0.3, -0.25) is 0 Å². The Bertz CT molecular complexity index is 506. The van der Waals surface area contributed by atoms with Crippen molar-refractivity contribution in [2.45, 2.75) is 40.2 Å². The predicted molar refractivity (Wildman–Crippen MR) is 80.7 cm³/mol. The van der Waals surface area contributed by atoms with Crippen LogP contribution in [0.15, 0.2) is 30.6 Å².